The van der Waals surface area contributed by atoms with Crippen molar-refractivity contribution in [2.45, 2.75) is 6.54 Å². The van der Waals surface area contributed by atoms with Gasteiger partial charge in [0.05, 0.1) is 6.54 Å². The van der Waals surface area contributed by atoms with Crippen molar-refractivity contribution in [3.8, 4) is 0 Å². The first-order valence-electron chi connectivity index (χ1n) is 4.84. The van der Waals surface area contributed by atoms with E-state index in [9.17, 15) is 4.79 Å². The molecule has 0 unspecified atom stereocenters. The Hall–Kier alpha value is -2.08. The van der Waals surface area contributed by atoms with E-state index in [1.165, 1.54) is 4.57 Å². The van der Waals surface area contributed by atoms with Crippen LogP contribution in [0, 0.1) is 0 Å². The molecule has 0 aliphatic rings. The number of anilines is 1. The molecule has 0 saturated heterocycles. The van der Waals surface area contributed by atoms with E-state index >= 15 is 0 Å². The van der Waals surface area contributed by atoms with E-state index in [2.05, 4.69) is 10.4 Å². The number of nitrogens with two attached hydrogens (primary N) is 1. The Morgan fingerprint density at radius 1 is 1.44 bits per heavy atom. The number of aromatic nitrogens is 3. The van der Waals surface area contributed by atoms with Crippen molar-refractivity contribution < 1.29 is 0 Å². The number of nitrogens with one attached hydrogen (secondary N) is 1. The van der Waals surface area contributed by atoms with Gasteiger partial charge in [-0.2, -0.15) is 0 Å². The Morgan fingerprint density at radius 2 is 2.25 bits per heavy atom. The van der Waals surface area contributed by atoms with Crippen molar-refractivity contribution in [3.05, 3.63) is 46.8 Å². The number of nitrogen functional groups attached to an aromatic ring is 1. The number of pyridine rings is 1. The number of hydrogen-bond acceptors (Lipinski definition) is 4. The van der Waals surface area contributed by atoms with Crippen molar-refractivity contribution in [2.75, 3.05) is 5.43 Å². The molecular formula is C10H13N5O. The predicted molar refractivity (Wildman–Crippen MR) is 60.8 cm³/mol. The summed E-state index contributed by atoms with van der Waals surface area (Å²) in [5, 5.41) is 0. The molecule has 0 amide bonds. The van der Waals surface area contributed by atoms with Crippen LogP contribution in [0.1, 0.15) is 5.56 Å². The Kier molecular flexibility index (Phi) is 2.74. The number of nitrogens with zero attached hydrogens (tertiary/aromatic N) is 3. The molecule has 0 aliphatic carbocycles. The van der Waals surface area contributed by atoms with E-state index in [1.54, 1.807) is 36.3 Å². The first-order valence-corrected chi connectivity index (χ1v) is 4.84. The number of rotatable bonds is 3. The zero-order valence-electron chi connectivity index (χ0n) is 8.92. The summed E-state index contributed by atoms with van der Waals surface area (Å²) in [5.74, 6) is 5.81. The molecule has 0 bridgehead atoms. The summed E-state index contributed by atoms with van der Waals surface area (Å²) in [7, 11) is 1.72. The summed E-state index contributed by atoms with van der Waals surface area (Å²) in [5.41, 5.74) is 3.36. The van der Waals surface area contributed by atoms with Gasteiger partial charge in [-0.25, -0.2) is 15.6 Å². The highest BCUT2D eigenvalue weighted by Crippen LogP contribution is 2.04. The van der Waals surface area contributed by atoms with Crippen LogP contribution < -0.4 is 17.0 Å². The molecule has 0 radical (unpaired) electrons. The predicted octanol–water partition coefficient (Wildman–Crippen LogP) is -0.0843. The maximum absolute atomic E-state index is 11.6. The maximum atomic E-state index is 11.6. The van der Waals surface area contributed by atoms with Crippen LogP contribution in [-0.2, 0) is 13.6 Å². The molecule has 84 valence electrons. The van der Waals surface area contributed by atoms with Crippen molar-refractivity contribution in [2.24, 2.45) is 12.9 Å². The lowest BCUT2D eigenvalue weighted by Crippen LogP contribution is -2.22. The van der Waals surface area contributed by atoms with Gasteiger partial charge < -0.3 is 9.99 Å². The minimum Gasteiger partial charge on any atom is -0.308 e. The highest BCUT2D eigenvalue weighted by atomic mass is 16.1. The highest BCUT2D eigenvalue weighted by Gasteiger charge is 2.01. The molecule has 3 N–H and O–H groups in total. The smallest absolute Gasteiger partial charge is 0.308 e. The Labute approximate surface area is 92.3 Å². The first kappa shape index (κ1) is 10.4. The number of hydrogen-bond donors (Lipinski definition) is 2. The molecule has 2 aromatic heterocycles. The van der Waals surface area contributed by atoms with Gasteiger partial charge in [0.15, 0.2) is 0 Å². The van der Waals surface area contributed by atoms with Gasteiger partial charge in [0.2, 0.25) is 0 Å². The molecule has 0 atom stereocenters. The third-order valence-corrected chi connectivity index (χ3v) is 2.34. The zero-order chi connectivity index (χ0) is 11.5. The Morgan fingerprint density at radius 3 is 2.75 bits per heavy atom. The van der Waals surface area contributed by atoms with Gasteiger partial charge in [-0.05, 0) is 11.6 Å². The van der Waals surface area contributed by atoms with E-state index in [0.29, 0.717) is 12.4 Å². The lowest BCUT2D eigenvalue weighted by Gasteiger charge is -2.03. The molecule has 0 aliphatic heterocycles. The van der Waals surface area contributed by atoms with E-state index < -0.39 is 0 Å². The van der Waals surface area contributed by atoms with Gasteiger partial charge >= 0.3 is 5.69 Å². The summed E-state index contributed by atoms with van der Waals surface area (Å²) in [6, 6.07) is 3.64. The van der Waals surface area contributed by atoms with Gasteiger partial charge in [0, 0.05) is 25.6 Å². The van der Waals surface area contributed by atoms with Gasteiger partial charge in [0.25, 0.3) is 0 Å². The van der Waals surface area contributed by atoms with E-state index in [4.69, 9.17) is 5.84 Å². The maximum Gasteiger partial charge on any atom is 0.328 e. The zero-order valence-corrected chi connectivity index (χ0v) is 8.92. The largest absolute Gasteiger partial charge is 0.328 e. The van der Waals surface area contributed by atoms with Crippen LogP contribution in [0.15, 0.2) is 35.5 Å². The molecule has 0 aromatic carbocycles. The SMILES string of the molecule is Cn1ccn(Cc2ccc(NN)nc2)c1=O. The van der Waals surface area contributed by atoms with Crippen LogP contribution in [-0.4, -0.2) is 14.1 Å². The van der Waals surface area contributed by atoms with Gasteiger partial charge in [0.1, 0.15) is 5.82 Å². The number of hydrazine groups is 1. The van der Waals surface area contributed by atoms with Crippen LogP contribution in [0.3, 0.4) is 0 Å². The summed E-state index contributed by atoms with van der Waals surface area (Å²) in [4.78, 5) is 15.6. The Bertz CT molecular complexity index is 525. The summed E-state index contributed by atoms with van der Waals surface area (Å²) >= 11 is 0. The van der Waals surface area contributed by atoms with Crippen LogP contribution in [0.25, 0.3) is 0 Å². The summed E-state index contributed by atoms with van der Waals surface area (Å²) in [6.07, 6.45) is 5.16. The standard InChI is InChI=1S/C10H13N5O/c1-14-4-5-15(10(14)16)7-8-2-3-9(13-11)12-6-8/h2-6H,7,11H2,1H3,(H,12,13). The molecule has 16 heavy (non-hydrogen) atoms. The lowest BCUT2D eigenvalue weighted by atomic mass is 10.3. The molecule has 0 spiro atoms. The van der Waals surface area contributed by atoms with Crippen molar-refractivity contribution in [3.63, 3.8) is 0 Å². The third-order valence-electron chi connectivity index (χ3n) is 2.34. The second-order valence-electron chi connectivity index (χ2n) is 3.52. The summed E-state index contributed by atoms with van der Waals surface area (Å²) in [6.45, 7) is 0.511. The molecule has 0 saturated carbocycles. The second-order valence-corrected chi connectivity index (χ2v) is 3.52. The minimum atomic E-state index is -0.0407. The van der Waals surface area contributed by atoms with Crippen LogP contribution in [0.4, 0.5) is 5.82 Å². The monoisotopic (exact) mass is 219 g/mol. The quantitative estimate of drug-likeness (QED) is 0.559. The topological polar surface area (TPSA) is 77.9 Å². The fourth-order valence-electron chi connectivity index (χ4n) is 1.43. The molecule has 2 rings (SSSR count). The lowest BCUT2D eigenvalue weighted by molar-refractivity contribution is 0.716. The molecule has 6 nitrogen and oxygen atoms in total. The third kappa shape index (κ3) is 1.96. The van der Waals surface area contributed by atoms with Crippen molar-refractivity contribution in [1.29, 1.82) is 0 Å². The highest BCUT2D eigenvalue weighted by molar-refractivity contribution is 5.33. The average Bonchev–Trinajstić information content (AvgIpc) is 2.62. The fraction of sp³-hybridized carbons (Fsp3) is 0.200. The molecule has 2 heterocycles. The molecule has 6 heteroatoms. The van der Waals surface area contributed by atoms with Crippen molar-refractivity contribution in [1.82, 2.24) is 14.1 Å². The Balaban J connectivity index is 2.21. The van der Waals surface area contributed by atoms with E-state index in [1.807, 2.05) is 6.07 Å². The summed E-state index contributed by atoms with van der Waals surface area (Å²) < 4.78 is 3.15. The van der Waals surface area contributed by atoms with Crippen LogP contribution in [0.5, 0.6) is 0 Å². The minimum absolute atomic E-state index is 0.0407. The average molecular weight is 219 g/mol. The van der Waals surface area contributed by atoms with Crippen LogP contribution >= 0.6 is 0 Å². The first-order chi connectivity index (χ1) is 7.70. The van der Waals surface area contributed by atoms with Crippen molar-refractivity contribution >= 4 is 5.82 Å². The number of imidazole rings is 1. The normalized spacial score (nSPS) is 10.4. The van der Waals surface area contributed by atoms with Crippen LogP contribution in [0.2, 0.25) is 0 Å². The fourth-order valence-corrected chi connectivity index (χ4v) is 1.43. The van der Waals surface area contributed by atoms with E-state index in [0.717, 1.165) is 5.56 Å². The van der Waals surface area contributed by atoms with E-state index in [-0.39, 0.29) is 5.69 Å². The molecule has 2 aromatic rings. The van der Waals surface area contributed by atoms with Gasteiger partial charge in [-0.1, -0.05) is 6.07 Å². The molecular weight excluding hydrogens is 206 g/mol. The number of aryl methyl sites for hydroxylation is 1. The molecule has 0 fully saturated rings. The van der Waals surface area contributed by atoms with Gasteiger partial charge in [-0.3, -0.25) is 4.57 Å². The van der Waals surface area contributed by atoms with Gasteiger partial charge in [-0.15, -0.1) is 0 Å². The second kappa shape index (κ2) is 4.19.